The fourth-order valence-corrected chi connectivity index (χ4v) is 1.28. The number of nitrogens with zero attached hydrogens (tertiary/aromatic N) is 1. The van der Waals surface area contributed by atoms with Gasteiger partial charge in [0.25, 0.3) is 5.91 Å². The van der Waals surface area contributed by atoms with Gasteiger partial charge in [-0.25, -0.2) is 4.79 Å². The lowest BCUT2D eigenvalue weighted by Crippen LogP contribution is -2.36. The summed E-state index contributed by atoms with van der Waals surface area (Å²) >= 11 is 0. The number of aliphatic hydroxyl groups is 1. The maximum atomic E-state index is 11.6. The number of hydrogen-bond acceptors (Lipinski definition) is 6. The molecule has 0 saturated carbocycles. The standard InChI is InChI=1S/C11H10N2O6/c14-7(11(16)17)5-12-10(15)6-4-9(19-13-6)8-2-1-3-18-8/h1-4,7,14H,5H2,(H,12,15)(H,16,17). The molecule has 1 amide bonds. The van der Waals surface area contributed by atoms with Gasteiger partial charge in [-0.1, -0.05) is 5.16 Å². The summed E-state index contributed by atoms with van der Waals surface area (Å²) in [6.07, 6.45) is -0.221. The van der Waals surface area contributed by atoms with Gasteiger partial charge in [0.1, 0.15) is 0 Å². The van der Waals surface area contributed by atoms with Crippen LogP contribution in [0.25, 0.3) is 11.5 Å². The highest BCUT2D eigenvalue weighted by molar-refractivity contribution is 5.93. The van der Waals surface area contributed by atoms with E-state index in [4.69, 9.17) is 19.2 Å². The van der Waals surface area contributed by atoms with Gasteiger partial charge in [0.15, 0.2) is 17.6 Å². The SMILES string of the molecule is O=C(NCC(O)C(=O)O)c1cc(-c2ccco2)on1. The first-order valence-electron chi connectivity index (χ1n) is 5.27. The second kappa shape index (κ2) is 5.36. The molecule has 0 spiro atoms. The Kier molecular flexibility index (Phi) is 3.62. The number of carbonyl (C=O) groups excluding carboxylic acids is 1. The molecule has 1 unspecified atom stereocenters. The van der Waals surface area contributed by atoms with E-state index in [9.17, 15) is 9.59 Å². The maximum Gasteiger partial charge on any atom is 0.334 e. The molecule has 8 nitrogen and oxygen atoms in total. The number of carboxylic acid groups (broad SMARTS) is 1. The lowest BCUT2D eigenvalue weighted by molar-refractivity contribution is -0.146. The predicted octanol–water partition coefficient (Wildman–Crippen LogP) is 0.110. The average Bonchev–Trinajstić information content (AvgIpc) is 3.04. The number of amides is 1. The van der Waals surface area contributed by atoms with Gasteiger partial charge in [-0.15, -0.1) is 0 Å². The van der Waals surface area contributed by atoms with Gasteiger partial charge >= 0.3 is 5.97 Å². The summed E-state index contributed by atoms with van der Waals surface area (Å²) < 4.78 is 9.96. The molecule has 0 bridgehead atoms. The Morgan fingerprint density at radius 1 is 1.42 bits per heavy atom. The second-order valence-corrected chi connectivity index (χ2v) is 3.62. The van der Waals surface area contributed by atoms with Crippen LogP contribution < -0.4 is 5.32 Å². The third-order valence-corrected chi connectivity index (χ3v) is 2.25. The van der Waals surface area contributed by atoms with Crippen molar-refractivity contribution in [3.8, 4) is 11.5 Å². The van der Waals surface area contributed by atoms with Crippen LogP contribution in [0.2, 0.25) is 0 Å². The summed E-state index contributed by atoms with van der Waals surface area (Å²) in [5.41, 5.74) is -0.0380. The lowest BCUT2D eigenvalue weighted by Gasteiger charge is -2.05. The van der Waals surface area contributed by atoms with E-state index in [2.05, 4.69) is 10.5 Å². The Bertz CT molecular complexity index is 574. The van der Waals surface area contributed by atoms with Gasteiger partial charge in [-0.3, -0.25) is 4.79 Å². The Morgan fingerprint density at radius 2 is 2.21 bits per heavy atom. The summed E-state index contributed by atoms with van der Waals surface area (Å²) in [6, 6.07) is 4.64. The summed E-state index contributed by atoms with van der Waals surface area (Å²) in [5.74, 6) is -1.38. The van der Waals surface area contributed by atoms with Crippen molar-refractivity contribution >= 4 is 11.9 Å². The van der Waals surface area contributed by atoms with E-state index in [0.29, 0.717) is 5.76 Å². The number of hydrogen-bond donors (Lipinski definition) is 3. The number of carbonyl (C=O) groups is 2. The van der Waals surface area contributed by atoms with Crippen LogP contribution in [-0.4, -0.2) is 39.9 Å². The minimum absolute atomic E-state index is 0.0380. The van der Waals surface area contributed by atoms with Crippen molar-refractivity contribution in [1.29, 1.82) is 0 Å². The summed E-state index contributed by atoms with van der Waals surface area (Å²) in [7, 11) is 0. The largest absolute Gasteiger partial charge is 0.479 e. The summed E-state index contributed by atoms with van der Waals surface area (Å²) in [4.78, 5) is 21.9. The van der Waals surface area contributed by atoms with E-state index >= 15 is 0 Å². The number of rotatable bonds is 5. The monoisotopic (exact) mass is 266 g/mol. The number of furan rings is 1. The van der Waals surface area contributed by atoms with Crippen molar-refractivity contribution in [2.75, 3.05) is 6.54 Å². The quantitative estimate of drug-likeness (QED) is 0.701. The fraction of sp³-hybridized carbons (Fsp3) is 0.182. The third kappa shape index (κ3) is 2.99. The van der Waals surface area contributed by atoms with Gasteiger partial charge in [0.05, 0.1) is 12.8 Å². The zero-order valence-corrected chi connectivity index (χ0v) is 9.57. The van der Waals surface area contributed by atoms with Crippen LogP contribution in [0.3, 0.4) is 0 Å². The van der Waals surface area contributed by atoms with Crippen LogP contribution in [0.15, 0.2) is 33.4 Å². The molecule has 8 heteroatoms. The van der Waals surface area contributed by atoms with Crippen molar-refractivity contribution in [1.82, 2.24) is 10.5 Å². The summed E-state index contributed by atoms with van der Waals surface area (Å²) in [6.45, 7) is -0.420. The molecule has 3 N–H and O–H groups in total. The summed E-state index contributed by atoms with van der Waals surface area (Å²) in [5, 5.41) is 23.2. The van der Waals surface area contributed by atoms with Gasteiger partial charge in [0.2, 0.25) is 5.76 Å². The molecule has 2 rings (SSSR count). The topological polar surface area (TPSA) is 126 Å². The highest BCUT2D eigenvalue weighted by Gasteiger charge is 2.18. The van der Waals surface area contributed by atoms with E-state index < -0.39 is 24.5 Å². The number of aliphatic carboxylic acids is 1. The molecular formula is C11H10N2O6. The van der Waals surface area contributed by atoms with E-state index in [1.807, 2.05) is 0 Å². The second-order valence-electron chi connectivity index (χ2n) is 3.62. The first-order valence-corrected chi connectivity index (χ1v) is 5.27. The highest BCUT2D eigenvalue weighted by atomic mass is 16.5. The first-order chi connectivity index (χ1) is 9.08. The lowest BCUT2D eigenvalue weighted by atomic mass is 10.3. The molecule has 2 heterocycles. The molecule has 0 saturated heterocycles. The molecule has 0 aromatic carbocycles. The van der Waals surface area contributed by atoms with Crippen LogP contribution >= 0.6 is 0 Å². The van der Waals surface area contributed by atoms with Gasteiger partial charge in [0, 0.05) is 6.07 Å². The minimum atomic E-state index is -1.67. The van der Waals surface area contributed by atoms with Gasteiger partial charge < -0.3 is 24.5 Å². The zero-order chi connectivity index (χ0) is 13.8. The van der Waals surface area contributed by atoms with Gasteiger partial charge in [-0.2, -0.15) is 0 Å². The van der Waals surface area contributed by atoms with Crippen LogP contribution in [0.5, 0.6) is 0 Å². The normalized spacial score (nSPS) is 12.1. The van der Waals surface area contributed by atoms with Crippen molar-refractivity contribution in [2.24, 2.45) is 0 Å². The Hall–Kier alpha value is -2.61. The van der Waals surface area contributed by atoms with Crippen LogP contribution in [0, 0.1) is 0 Å². The molecular weight excluding hydrogens is 256 g/mol. The van der Waals surface area contributed by atoms with Crippen molar-refractivity contribution in [2.45, 2.75) is 6.10 Å². The number of aromatic nitrogens is 1. The van der Waals surface area contributed by atoms with E-state index in [0.717, 1.165) is 0 Å². The maximum absolute atomic E-state index is 11.6. The number of aliphatic hydroxyl groups excluding tert-OH is 1. The Balaban J connectivity index is 1.99. The molecule has 0 aliphatic carbocycles. The molecule has 0 aliphatic heterocycles. The Labute approximate surface area is 106 Å². The van der Waals surface area contributed by atoms with Crippen LogP contribution in [-0.2, 0) is 4.79 Å². The average molecular weight is 266 g/mol. The molecule has 19 heavy (non-hydrogen) atoms. The Morgan fingerprint density at radius 3 is 2.84 bits per heavy atom. The zero-order valence-electron chi connectivity index (χ0n) is 9.57. The first kappa shape index (κ1) is 12.8. The van der Waals surface area contributed by atoms with Crippen LogP contribution in [0.4, 0.5) is 0 Å². The number of carboxylic acids is 1. The molecule has 100 valence electrons. The molecule has 2 aromatic heterocycles. The van der Waals surface area contributed by atoms with Gasteiger partial charge in [-0.05, 0) is 12.1 Å². The van der Waals surface area contributed by atoms with E-state index in [-0.39, 0.29) is 11.5 Å². The molecule has 2 aromatic rings. The smallest absolute Gasteiger partial charge is 0.334 e. The minimum Gasteiger partial charge on any atom is -0.479 e. The van der Waals surface area contributed by atoms with E-state index in [1.165, 1.54) is 12.3 Å². The highest BCUT2D eigenvalue weighted by Crippen LogP contribution is 2.20. The van der Waals surface area contributed by atoms with Crippen molar-refractivity contribution in [3.05, 3.63) is 30.2 Å². The predicted molar refractivity (Wildman–Crippen MR) is 60.2 cm³/mol. The van der Waals surface area contributed by atoms with Crippen LogP contribution in [0.1, 0.15) is 10.5 Å². The molecule has 0 aliphatic rings. The fourth-order valence-electron chi connectivity index (χ4n) is 1.28. The molecule has 0 radical (unpaired) electrons. The van der Waals surface area contributed by atoms with Crippen molar-refractivity contribution < 1.29 is 28.7 Å². The number of nitrogens with one attached hydrogen (secondary N) is 1. The van der Waals surface area contributed by atoms with E-state index in [1.54, 1.807) is 12.1 Å². The van der Waals surface area contributed by atoms with Crippen molar-refractivity contribution in [3.63, 3.8) is 0 Å². The molecule has 0 fully saturated rings. The molecule has 1 atom stereocenters. The third-order valence-electron chi connectivity index (χ3n) is 2.25.